The molecule has 1 saturated carbocycles. The van der Waals surface area contributed by atoms with E-state index in [0.717, 1.165) is 17.9 Å². The summed E-state index contributed by atoms with van der Waals surface area (Å²) in [6.45, 7) is 1.40. The summed E-state index contributed by atoms with van der Waals surface area (Å²) in [7, 11) is 1.88. The molecule has 25 heavy (non-hydrogen) atoms. The average Bonchev–Trinajstić information content (AvgIpc) is 3.11. The molecule has 1 amide bonds. The fourth-order valence-corrected chi connectivity index (χ4v) is 3.52. The molecule has 0 bridgehead atoms. The van der Waals surface area contributed by atoms with Crippen LogP contribution in [0.5, 0.6) is 0 Å². The molecular weight excluding hydrogens is 321 g/mol. The lowest BCUT2D eigenvalue weighted by atomic mass is 9.97. The number of benzene rings is 1. The van der Waals surface area contributed by atoms with Gasteiger partial charge < -0.3 is 9.64 Å². The van der Waals surface area contributed by atoms with E-state index in [0.29, 0.717) is 18.9 Å². The largest absolute Gasteiger partial charge is 0.371 e. The number of ether oxygens (including phenoxy) is 1. The number of carbonyl (C=O) groups excluding carboxylic acids is 1. The van der Waals surface area contributed by atoms with Crippen molar-refractivity contribution in [3.63, 3.8) is 0 Å². The highest BCUT2D eigenvalue weighted by molar-refractivity contribution is 5.79. The van der Waals surface area contributed by atoms with E-state index in [9.17, 15) is 9.18 Å². The Morgan fingerprint density at radius 3 is 2.76 bits per heavy atom. The molecule has 132 valence electrons. The van der Waals surface area contributed by atoms with E-state index < -0.39 is 0 Å². The van der Waals surface area contributed by atoms with E-state index in [1.54, 1.807) is 23.0 Å². The number of aromatic nitrogens is 2. The number of halogens is 1. The number of hydrogen-bond acceptors (Lipinski definition) is 3. The first-order valence-corrected chi connectivity index (χ1v) is 8.80. The maximum absolute atomic E-state index is 13.2. The quantitative estimate of drug-likeness (QED) is 0.839. The van der Waals surface area contributed by atoms with Crippen LogP contribution in [0.1, 0.15) is 31.1 Å². The van der Waals surface area contributed by atoms with Gasteiger partial charge in [0, 0.05) is 26.4 Å². The summed E-state index contributed by atoms with van der Waals surface area (Å²) in [5, 5.41) is 4.35. The maximum Gasteiger partial charge on any atom is 0.228 e. The lowest BCUT2D eigenvalue weighted by Gasteiger charge is -2.24. The normalized spacial score (nSPS) is 23.0. The molecule has 2 fully saturated rings. The highest BCUT2D eigenvalue weighted by atomic mass is 19.1. The van der Waals surface area contributed by atoms with Gasteiger partial charge >= 0.3 is 0 Å². The number of hydrogen-bond donors (Lipinski definition) is 0. The van der Waals surface area contributed by atoms with E-state index >= 15 is 0 Å². The minimum Gasteiger partial charge on any atom is -0.371 e. The maximum atomic E-state index is 13.2. The zero-order valence-electron chi connectivity index (χ0n) is 14.3. The topological polar surface area (TPSA) is 47.4 Å². The van der Waals surface area contributed by atoms with Crippen molar-refractivity contribution >= 4 is 5.91 Å². The number of nitrogens with zero attached hydrogens (tertiary/aromatic N) is 3. The second-order valence-electron chi connectivity index (χ2n) is 6.99. The molecular formula is C19H22FN3O2. The van der Waals surface area contributed by atoms with E-state index in [1.807, 2.05) is 18.0 Å². The molecule has 1 aliphatic carbocycles. The molecule has 6 heteroatoms. The van der Waals surface area contributed by atoms with Crippen LogP contribution in [0.15, 0.2) is 36.5 Å². The molecule has 0 spiro atoms. The molecule has 1 aromatic carbocycles. The minimum absolute atomic E-state index is 0.140. The van der Waals surface area contributed by atoms with Crippen LogP contribution in [-0.2, 0) is 9.53 Å². The average molecular weight is 343 g/mol. The fraction of sp³-hybridized carbons (Fsp3) is 0.474. The van der Waals surface area contributed by atoms with E-state index in [4.69, 9.17) is 4.74 Å². The van der Waals surface area contributed by atoms with Gasteiger partial charge in [-0.05, 0) is 55.5 Å². The molecule has 2 atom stereocenters. The molecule has 5 nitrogen and oxygen atoms in total. The van der Waals surface area contributed by atoms with E-state index in [-0.39, 0.29) is 23.7 Å². The van der Waals surface area contributed by atoms with Gasteiger partial charge in [0.25, 0.3) is 0 Å². The third kappa shape index (κ3) is 3.31. The van der Waals surface area contributed by atoms with Crippen LogP contribution in [0.4, 0.5) is 4.39 Å². The first-order valence-electron chi connectivity index (χ1n) is 8.80. The molecule has 1 saturated heterocycles. The second-order valence-corrected chi connectivity index (χ2v) is 6.99. The smallest absolute Gasteiger partial charge is 0.228 e. The van der Waals surface area contributed by atoms with Crippen LogP contribution in [0.25, 0.3) is 5.69 Å². The van der Waals surface area contributed by atoms with Crippen molar-refractivity contribution in [1.82, 2.24) is 14.7 Å². The van der Waals surface area contributed by atoms with Crippen molar-refractivity contribution in [2.75, 3.05) is 20.2 Å². The van der Waals surface area contributed by atoms with Gasteiger partial charge in [0.1, 0.15) is 11.9 Å². The van der Waals surface area contributed by atoms with Crippen LogP contribution in [0, 0.1) is 17.7 Å². The summed E-state index contributed by atoms with van der Waals surface area (Å²) in [5.41, 5.74) is 1.59. The Kier molecular flexibility index (Phi) is 4.29. The molecule has 4 rings (SSSR count). The van der Waals surface area contributed by atoms with Gasteiger partial charge in [-0.25, -0.2) is 9.07 Å². The van der Waals surface area contributed by atoms with Crippen molar-refractivity contribution < 1.29 is 13.9 Å². The first kappa shape index (κ1) is 16.3. The summed E-state index contributed by atoms with van der Waals surface area (Å²) in [5.74, 6) is 0.324. The minimum atomic E-state index is -0.318. The van der Waals surface area contributed by atoms with Gasteiger partial charge in [0.2, 0.25) is 5.91 Å². The predicted octanol–water partition coefficient (Wildman–Crippen LogP) is 2.96. The van der Waals surface area contributed by atoms with Crippen molar-refractivity contribution in [2.45, 2.75) is 25.4 Å². The summed E-state index contributed by atoms with van der Waals surface area (Å²) in [4.78, 5) is 14.7. The van der Waals surface area contributed by atoms with Crippen molar-refractivity contribution in [3.05, 3.63) is 48.0 Å². The Bertz CT molecular complexity index is 754. The lowest BCUT2D eigenvalue weighted by molar-refractivity contribution is -0.136. The van der Waals surface area contributed by atoms with Crippen molar-refractivity contribution in [3.8, 4) is 5.69 Å². The summed E-state index contributed by atoms with van der Waals surface area (Å²) in [6, 6.07) is 8.04. The second kappa shape index (κ2) is 6.59. The van der Waals surface area contributed by atoms with Crippen molar-refractivity contribution in [2.24, 2.45) is 11.8 Å². The zero-order valence-corrected chi connectivity index (χ0v) is 14.3. The first-order chi connectivity index (χ1) is 12.1. The molecule has 2 aromatic rings. The van der Waals surface area contributed by atoms with E-state index in [1.165, 1.54) is 25.0 Å². The number of carbonyl (C=O) groups is 1. The fourth-order valence-electron chi connectivity index (χ4n) is 3.52. The molecule has 0 N–H and O–H groups in total. The number of rotatable bonds is 5. The van der Waals surface area contributed by atoms with Gasteiger partial charge in [0.05, 0.1) is 17.3 Å². The highest BCUT2D eigenvalue weighted by Gasteiger charge is 2.39. The van der Waals surface area contributed by atoms with Gasteiger partial charge in [-0.3, -0.25) is 4.79 Å². The highest BCUT2D eigenvalue weighted by Crippen LogP contribution is 2.37. The number of amides is 1. The summed E-state index contributed by atoms with van der Waals surface area (Å²) < 4.78 is 20.8. The van der Waals surface area contributed by atoms with Gasteiger partial charge in [-0.15, -0.1) is 0 Å². The van der Waals surface area contributed by atoms with Gasteiger partial charge in [-0.2, -0.15) is 5.10 Å². The Morgan fingerprint density at radius 2 is 2.04 bits per heavy atom. The Balaban J connectivity index is 1.57. The van der Waals surface area contributed by atoms with Gasteiger partial charge in [0.15, 0.2) is 0 Å². The molecule has 0 radical (unpaired) electrons. The monoisotopic (exact) mass is 343 g/mol. The Morgan fingerprint density at radius 1 is 1.28 bits per heavy atom. The van der Waals surface area contributed by atoms with Crippen LogP contribution in [0.2, 0.25) is 0 Å². The SMILES string of the molecule is CN(CC1CC1)C(=O)[C@H]1CCO[C@@H]1c1ccnn1-c1ccc(F)cc1. The molecule has 0 unspecified atom stereocenters. The predicted molar refractivity (Wildman–Crippen MR) is 90.7 cm³/mol. The summed E-state index contributed by atoms with van der Waals surface area (Å²) in [6.07, 6.45) is 4.53. The Hall–Kier alpha value is -2.21. The van der Waals surface area contributed by atoms with Crippen LogP contribution >= 0.6 is 0 Å². The third-order valence-electron chi connectivity index (χ3n) is 5.05. The van der Waals surface area contributed by atoms with Crippen LogP contribution < -0.4 is 0 Å². The van der Waals surface area contributed by atoms with Crippen LogP contribution in [-0.4, -0.2) is 40.8 Å². The molecule has 1 aliphatic heterocycles. The Labute approximate surface area is 146 Å². The molecule has 2 heterocycles. The van der Waals surface area contributed by atoms with Gasteiger partial charge in [-0.1, -0.05) is 0 Å². The van der Waals surface area contributed by atoms with E-state index in [2.05, 4.69) is 5.10 Å². The zero-order chi connectivity index (χ0) is 17.4. The lowest BCUT2D eigenvalue weighted by Crippen LogP contribution is -2.36. The molecule has 2 aliphatic rings. The summed E-state index contributed by atoms with van der Waals surface area (Å²) >= 11 is 0. The third-order valence-corrected chi connectivity index (χ3v) is 5.05. The van der Waals surface area contributed by atoms with Crippen LogP contribution in [0.3, 0.4) is 0 Å². The molecule has 1 aromatic heterocycles. The standard InChI is InChI=1S/C19H22FN3O2/c1-22(12-13-2-3-13)19(24)16-9-11-25-18(16)17-8-10-21-23(17)15-6-4-14(20)5-7-15/h4-8,10,13,16,18H,2-3,9,11-12H2,1H3/t16-,18-/m0/s1. The van der Waals surface area contributed by atoms with Crippen molar-refractivity contribution in [1.29, 1.82) is 0 Å².